The van der Waals surface area contributed by atoms with Crippen LogP contribution in [0.4, 0.5) is 0 Å². The first-order valence-electron chi connectivity index (χ1n) is 6.94. The van der Waals surface area contributed by atoms with E-state index in [2.05, 4.69) is 27.3 Å². The zero-order chi connectivity index (χ0) is 13.7. The highest BCUT2D eigenvalue weighted by Crippen LogP contribution is 2.35. The topological polar surface area (TPSA) is 30.5 Å². The fourth-order valence-electron chi connectivity index (χ4n) is 2.58. The summed E-state index contributed by atoms with van der Waals surface area (Å²) in [6.45, 7) is 4.96. The zero-order valence-corrected chi connectivity index (χ0v) is 13.3. The predicted molar refractivity (Wildman–Crippen MR) is 81.2 cm³/mol. The van der Waals surface area contributed by atoms with Crippen molar-refractivity contribution in [3.63, 3.8) is 0 Å². The molecule has 2 rings (SSSR count). The van der Waals surface area contributed by atoms with Gasteiger partial charge in [0, 0.05) is 6.07 Å². The smallest absolute Gasteiger partial charge is 0.136 e. The van der Waals surface area contributed by atoms with E-state index >= 15 is 0 Å². The van der Waals surface area contributed by atoms with Crippen LogP contribution < -0.4 is 14.8 Å². The second-order valence-electron chi connectivity index (χ2n) is 4.92. The van der Waals surface area contributed by atoms with Crippen molar-refractivity contribution in [2.24, 2.45) is 5.92 Å². The third-order valence-corrected chi connectivity index (χ3v) is 4.22. The molecule has 3 nitrogen and oxygen atoms in total. The largest absolute Gasteiger partial charge is 0.495 e. The molecule has 19 heavy (non-hydrogen) atoms. The fraction of sp³-hybridized carbons (Fsp3) is 0.600. The summed E-state index contributed by atoms with van der Waals surface area (Å²) in [5.74, 6) is 2.54. The molecule has 1 fully saturated rings. The van der Waals surface area contributed by atoms with Crippen molar-refractivity contribution in [3.8, 4) is 11.5 Å². The minimum Gasteiger partial charge on any atom is -0.495 e. The van der Waals surface area contributed by atoms with Gasteiger partial charge >= 0.3 is 0 Å². The molecule has 106 valence electrons. The van der Waals surface area contributed by atoms with Crippen LogP contribution in [-0.4, -0.2) is 26.8 Å². The summed E-state index contributed by atoms with van der Waals surface area (Å²) in [5.41, 5.74) is 1.28. The maximum Gasteiger partial charge on any atom is 0.136 e. The molecule has 0 radical (unpaired) electrons. The lowest BCUT2D eigenvalue weighted by Crippen LogP contribution is -2.28. The van der Waals surface area contributed by atoms with E-state index in [9.17, 15) is 0 Å². The lowest BCUT2D eigenvalue weighted by atomic mass is 9.90. The Morgan fingerprint density at radius 2 is 2.00 bits per heavy atom. The van der Waals surface area contributed by atoms with E-state index in [1.54, 1.807) is 7.11 Å². The molecule has 0 unspecified atom stereocenters. The van der Waals surface area contributed by atoms with Crippen LogP contribution in [0.25, 0.3) is 0 Å². The van der Waals surface area contributed by atoms with E-state index in [1.807, 2.05) is 13.0 Å². The summed E-state index contributed by atoms with van der Waals surface area (Å²) in [6, 6.07) is 4.13. The molecule has 1 aliphatic heterocycles. The first-order valence-corrected chi connectivity index (χ1v) is 7.73. The number of nitrogens with one attached hydrogen (secondary N) is 1. The van der Waals surface area contributed by atoms with Gasteiger partial charge in [-0.3, -0.25) is 0 Å². The van der Waals surface area contributed by atoms with Crippen LogP contribution in [0.15, 0.2) is 16.6 Å². The molecule has 0 aromatic heterocycles. The van der Waals surface area contributed by atoms with Gasteiger partial charge in [0.1, 0.15) is 11.5 Å². The Labute approximate surface area is 123 Å². The molecule has 1 aliphatic rings. The number of halogens is 1. The summed E-state index contributed by atoms with van der Waals surface area (Å²) >= 11 is 3.56. The molecular weight excluding hydrogens is 306 g/mol. The number of hydrogen-bond acceptors (Lipinski definition) is 3. The quantitative estimate of drug-likeness (QED) is 0.899. The van der Waals surface area contributed by atoms with Gasteiger partial charge in [0.2, 0.25) is 0 Å². The zero-order valence-electron chi connectivity index (χ0n) is 11.7. The van der Waals surface area contributed by atoms with E-state index in [0.717, 1.165) is 41.4 Å². The third-order valence-electron chi connectivity index (χ3n) is 3.60. The van der Waals surface area contributed by atoms with Gasteiger partial charge < -0.3 is 14.8 Å². The molecule has 1 aromatic rings. The third kappa shape index (κ3) is 3.86. The van der Waals surface area contributed by atoms with Crippen molar-refractivity contribution in [2.75, 3.05) is 26.8 Å². The molecule has 0 atom stereocenters. The molecule has 0 spiro atoms. The van der Waals surface area contributed by atoms with Crippen LogP contribution in [0.3, 0.4) is 0 Å². The Hall–Kier alpha value is -0.740. The number of rotatable bonds is 5. The molecule has 0 bridgehead atoms. The summed E-state index contributed by atoms with van der Waals surface area (Å²) in [7, 11) is 1.68. The minimum atomic E-state index is 0.685. The Balaban J connectivity index is 2.18. The first kappa shape index (κ1) is 14.7. The highest BCUT2D eigenvalue weighted by Gasteiger charge is 2.17. The average molecular weight is 328 g/mol. The van der Waals surface area contributed by atoms with Gasteiger partial charge in [-0.2, -0.15) is 0 Å². The normalized spacial score (nSPS) is 16.4. The average Bonchev–Trinajstić information content (AvgIpc) is 2.43. The highest BCUT2D eigenvalue weighted by molar-refractivity contribution is 9.10. The summed E-state index contributed by atoms with van der Waals surface area (Å²) in [5, 5.41) is 3.41. The maximum absolute atomic E-state index is 5.76. The van der Waals surface area contributed by atoms with Crippen molar-refractivity contribution in [1.29, 1.82) is 0 Å². The van der Waals surface area contributed by atoms with Crippen molar-refractivity contribution in [2.45, 2.75) is 26.2 Å². The molecule has 4 heteroatoms. The molecule has 1 saturated heterocycles. The summed E-state index contributed by atoms with van der Waals surface area (Å²) in [6.07, 6.45) is 3.57. The van der Waals surface area contributed by atoms with Crippen LogP contribution in [0, 0.1) is 5.92 Å². The monoisotopic (exact) mass is 327 g/mol. The molecule has 0 saturated carbocycles. The van der Waals surface area contributed by atoms with Gasteiger partial charge in [-0.15, -0.1) is 0 Å². The second-order valence-corrected chi connectivity index (χ2v) is 5.78. The van der Waals surface area contributed by atoms with E-state index < -0.39 is 0 Å². The molecule has 1 heterocycles. The van der Waals surface area contributed by atoms with Crippen LogP contribution in [-0.2, 0) is 6.42 Å². The SMILES string of the molecule is CCOc1cc(OC)c(Br)cc1CC1CCNCC1. The highest BCUT2D eigenvalue weighted by atomic mass is 79.9. The molecular formula is C15H22BrNO2. The number of methoxy groups -OCH3 is 1. The van der Waals surface area contributed by atoms with E-state index in [1.165, 1.54) is 18.4 Å². The first-order chi connectivity index (χ1) is 9.24. The van der Waals surface area contributed by atoms with E-state index in [0.29, 0.717) is 6.61 Å². The van der Waals surface area contributed by atoms with Crippen molar-refractivity contribution in [3.05, 3.63) is 22.2 Å². The van der Waals surface area contributed by atoms with Gasteiger partial charge in [-0.1, -0.05) is 0 Å². The summed E-state index contributed by atoms with van der Waals surface area (Å²) in [4.78, 5) is 0. The van der Waals surface area contributed by atoms with Gasteiger partial charge in [0.15, 0.2) is 0 Å². The van der Waals surface area contributed by atoms with Gasteiger partial charge in [0.05, 0.1) is 18.2 Å². The Kier molecular flexibility index (Phi) is 5.52. The Morgan fingerprint density at radius 3 is 2.63 bits per heavy atom. The van der Waals surface area contributed by atoms with E-state index in [-0.39, 0.29) is 0 Å². The standard InChI is InChI=1S/C15H22BrNO2/c1-3-19-14-10-15(18-2)13(16)9-12(14)8-11-4-6-17-7-5-11/h9-11,17H,3-8H2,1-2H3. The minimum absolute atomic E-state index is 0.685. The van der Waals surface area contributed by atoms with Crippen molar-refractivity contribution >= 4 is 15.9 Å². The van der Waals surface area contributed by atoms with Crippen molar-refractivity contribution in [1.82, 2.24) is 5.32 Å². The van der Waals surface area contributed by atoms with E-state index in [4.69, 9.17) is 9.47 Å². The summed E-state index contributed by atoms with van der Waals surface area (Å²) < 4.78 is 12.1. The lowest BCUT2D eigenvalue weighted by Gasteiger charge is -2.24. The maximum atomic E-state index is 5.76. The van der Waals surface area contributed by atoms with Crippen LogP contribution in [0.2, 0.25) is 0 Å². The molecule has 0 amide bonds. The Bertz CT molecular complexity index is 417. The van der Waals surface area contributed by atoms with Crippen LogP contribution >= 0.6 is 15.9 Å². The molecule has 1 N–H and O–H groups in total. The molecule has 0 aliphatic carbocycles. The number of ether oxygens (including phenoxy) is 2. The van der Waals surface area contributed by atoms with Gasteiger partial charge in [-0.25, -0.2) is 0 Å². The fourth-order valence-corrected chi connectivity index (χ4v) is 3.13. The van der Waals surface area contributed by atoms with Crippen molar-refractivity contribution < 1.29 is 9.47 Å². The number of benzene rings is 1. The lowest BCUT2D eigenvalue weighted by molar-refractivity contribution is 0.323. The van der Waals surface area contributed by atoms with Crippen LogP contribution in [0.1, 0.15) is 25.3 Å². The second kappa shape index (κ2) is 7.15. The van der Waals surface area contributed by atoms with Crippen LogP contribution in [0.5, 0.6) is 11.5 Å². The number of piperidine rings is 1. The predicted octanol–water partition coefficient (Wildman–Crippen LogP) is 3.40. The Morgan fingerprint density at radius 1 is 1.26 bits per heavy atom. The molecule has 1 aromatic carbocycles. The van der Waals surface area contributed by atoms with Gasteiger partial charge in [0.25, 0.3) is 0 Å². The number of hydrogen-bond donors (Lipinski definition) is 1. The van der Waals surface area contributed by atoms with Gasteiger partial charge in [-0.05, 0) is 72.8 Å².